The molecule has 6 heteroatoms. The number of ether oxygens (including phenoxy) is 2. The van der Waals surface area contributed by atoms with Crippen molar-refractivity contribution in [3.05, 3.63) is 54.1 Å². The summed E-state index contributed by atoms with van der Waals surface area (Å²) in [4.78, 5) is 12.0. The molecule has 0 bridgehead atoms. The van der Waals surface area contributed by atoms with Crippen molar-refractivity contribution in [1.82, 2.24) is 0 Å². The van der Waals surface area contributed by atoms with E-state index in [0.29, 0.717) is 26.0 Å². The quantitative estimate of drug-likeness (QED) is 0.767. The number of nitrogens with two attached hydrogens (primary N) is 1. The number of rotatable bonds is 8. The van der Waals surface area contributed by atoms with Crippen molar-refractivity contribution in [3.63, 3.8) is 0 Å². The summed E-state index contributed by atoms with van der Waals surface area (Å²) in [5, 5.41) is 2.87. The first kappa shape index (κ1) is 19.8. The lowest BCUT2D eigenvalue weighted by Gasteiger charge is -2.09. The highest BCUT2D eigenvalue weighted by atomic mass is 35.5. The second kappa shape index (κ2) is 10.5. The van der Waals surface area contributed by atoms with Crippen molar-refractivity contribution in [2.24, 2.45) is 5.73 Å². The highest BCUT2D eigenvalue weighted by Crippen LogP contribution is 2.20. The van der Waals surface area contributed by atoms with Gasteiger partial charge in [-0.05, 0) is 42.3 Å². The van der Waals surface area contributed by atoms with E-state index in [2.05, 4.69) is 5.32 Å². The van der Waals surface area contributed by atoms with E-state index in [1.807, 2.05) is 48.5 Å². The van der Waals surface area contributed by atoms with Gasteiger partial charge in [-0.1, -0.05) is 18.2 Å². The van der Waals surface area contributed by atoms with E-state index in [1.54, 1.807) is 7.11 Å². The summed E-state index contributed by atoms with van der Waals surface area (Å²) in [6.07, 6.45) is 1.03. The molecule has 0 aromatic heterocycles. The molecule has 5 nitrogen and oxygen atoms in total. The molecule has 1 amide bonds. The van der Waals surface area contributed by atoms with E-state index in [1.165, 1.54) is 0 Å². The summed E-state index contributed by atoms with van der Waals surface area (Å²) < 4.78 is 10.7. The number of benzene rings is 2. The van der Waals surface area contributed by atoms with Gasteiger partial charge in [-0.25, -0.2) is 0 Å². The Morgan fingerprint density at radius 1 is 1.12 bits per heavy atom. The number of nitrogens with one attached hydrogen (secondary N) is 1. The van der Waals surface area contributed by atoms with Crippen molar-refractivity contribution in [3.8, 4) is 11.5 Å². The molecular weight excluding hydrogens is 328 g/mol. The van der Waals surface area contributed by atoms with Crippen LogP contribution in [-0.2, 0) is 11.2 Å². The maximum atomic E-state index is 12.0. The van der Waals surface area contributed by atoms with Crippen LogP contribution in [0.15, 0.2) is 48.5 Å². The smallest absolute Gasteiger partial charge is 0.224 e. The molecule has 0 aliphatic rings. The fourth-order valence-corrected chi connectivity index (χ4v) is 2.19. The molecule has 0 heterocycles. The molecule has 0 unspecified atom stereocenters. The van der Waals surface area contributed by atoms with Gasteiger partial charge in [0, 0.05) is 18.7 Å². The van der Waals surface area contributed by atoms with Crippen molar-refractivity contribution in [2.45, 2.75) is 12.8 Å². The molecule has 0 atom stereocenters. The molecule has 2 aromatic carbocycles. The number of anilines is 1. The van der Waals surface area contributed by atoms with E-state index in [4.69, 9.17) is 15.2 Å². The van der Waals surface area contributed by atoms with Crippen LogP contribution in [0.3, 0.4) is 0 Å². The van der Waals surface area contributed by atoms with Crippen LogP contribution in [0.25, 0.3) is 0 Å². The molecule has 2 rings (SSSR count). The van der Waals surface area contributed by atoms with Gasteiger partial charge in [0.25, 0.3) is 0 Å². The van der Waals surface area contributed by atoms with Gasteiger partial charge < -0.3 is 20.5 Å². The summed E-state index contributed by atoms with van der Waals surface area (Å²) >= 11 is 0. The van der Waals surface area contributed by atoms with Gasteiger partial charge in [-0.3, -0.25) is 4.79 Å². The third-order valence-corrected chi connectivity index (χ3v) is 3.34. The standard InChI is InChI=1S/C18H22N2O3.ClH/c1-22-17-5-3-2-4-14(17)6-11-18(21)20-15-7-9-16(10-8-15)23-13-12-19;/h2-5,7-10H,6,11-13,19H2,1H3,(H,20,21);1H. The van der Waals surface area contributed by atoms with Gasteiger partial charge in [0.2, 0.25) is 5.91 Å². The first-order valence-electron chi connectivity index (χ1n) is 7.57. The Hall–Kier alpha value is -2.24. The number of aryl methyl sites for hydroxylation is 1. The maximum Gasteiger partial charge on any atom is 0.224 e. The molecule has 0 radical (unpaired) electrons. The Balaban J connectivity index is 0.00000288. The van der Waals surface area contributed by atoms with Crippen LogP contribution in [0.2, 0.25) is 0 Å². The molecule has 0 spiro atoms. The molecule has 0 aliphatic heterocycles. The monoisotopic (exact) mass is 350 g/mol. The Bertz CT molecular complexity index is 632. The predicted molar refractivity (Wildman–Crippen MR) is 98.2 cm³/mol. The minimum atomic E-state index is -0.0356. The number of hydrogen-bond acceptors (Lipinski definition) is 4. The van der Waals surface area contributed by atoms with Crippen LogP contribution in [-0.4, -0.2) is 26.2 Å². The van der Waals surface area contributed by atoms with E-state index in [-0.39, 0.29) is 18.3 Å². The zero-order valence-corrected chi connectivity index (χ0v) is 14.5. The van der Waals surface area contributed by atoms with Gasteiger partial charge in [0.15, 0.2) is 0 Å². The molecule has 0 saturated heterocycles. The van der Waals surface area contributed by atoms with Gasteiger partial charge >= 0.3 is 0 Å². The fraction of sp³-hybridized carbons (Fsp3) is 0.278. The third-order valence-electron chi connectivity index (χ3n) is 3.34. The highest BCUT2D eigenvalue weighted by Gasteiger charge is 2.07. The summed E-state index contributed by atoms with van der Waals surface area (Å²) in [7, 11) is 1.63. The lowest BCUT2D eigenvalue weighted by atomic mass is 10.1. The molecular formula is C18H23ClN2O3. The number of halogens is 1. The average Bonchev–Trinajstić information content (AvgIpc) is 2.59. The Morgan fingerprint density at radius 3 is 2.50 bits per heavy atom. The Morgan fingerprint density at radius 2 is 1.83 bits per heavy atom. The maximum absolute atomic E-state index is 12.0. The molecule has 0 fully saturated rings. The number of para-hydroxylation sites is 1. The summed E-state index contributed by atoms with van der Waals surface area (Å²) in [6, 6.07) is 15.0. The first-order chi connectivity index (χ1) is 11.2. The number of carbonyl (C=O) groups is 1. The number of methoxy groups -OCH3 is 1. The lowest BCUT2D eigenvalue weighted by molar-refractivity contribution is -0.116. The molecule has 130 valence electrons. The zero-order chi connectivity index (χ0) is 16.5. The van der Waals surface area contributed by atoms with E-state index >= 15 is 0 Å². The van der Waals surface area contributed by atoms with Crippen LogP contribution in [0.4, 0.5) is 5.69 Å². The molecule has 24 heavy (non-hydrogen) atoms. The van der Waals surface area contributed by atoms with Gasteiger partial charge in [0.05, 0.1) is 7.11 Å². The van der Waals surface area contributed by atoms with Gasteiger partial charge in [0.1, 0.15) is 18.1 Å². The van der Waals surface area contributed by atoms with E-state index in [9.17, 15) is 4.79 Å². The molecule has 0 saturated carbocycles. The summed E-state index contributed by atoms with van der Waals surface area (Å²) in [5.74, 6) is 1.51. The minimum Gasteiger partial charge on any atom is -0.496 e. The highest BCUT2D eigenvalue weighted by molar-refractivity contribution is 5.90. The van der Waals surface area contributed by atoms with Crippen LogP contribution in [0.5, 0.6) is 11.5 Å². The normalized spacial score (nSPS) is 9.75. The fourth-order valence-electron chi connectivity index (χ4n) is 2.19. The van der Waals surface area contributed by atoms with Crippen LogP contribution >= 0.6 is 12.4 Å². The van der Waals surface area contributed by atoms with Crippen molar-refractivity contribution >= 4 is 24.0 Å². The molecule has 2 aromatic rings. The largest absolute Gasteiger partial charge is 0.496 e. The third kappa shape index (κ3) is 6.10. The topological polar surface area (TPSA) is 73.6 Å². The average molecular weight is 351 g/mol. The Kier molecular flexibility index (Phi) is 8.68. The number of hydrogen-bond donors (Lipinski definition) is 2. The van der Waals surface area contributed by atoms with Crippen molar-refractivity contribution in [2.75, 3.05) is 25.6 Å². The number of amides is 1. The lowest BCUT2D eigenvalue weighted by Crippen LogP contribution is -2.13. The van der Waals surface area contributed by atoms with Crippen LogP contribution < -0.4 is 20.5 Å². The first-order valence-corrected chi connectivity index (χ1v) is 7.57. The van der Waals surface area contributed by atoms with Crippen LogP contribution in [0, 0.1) is 0 Å². The minimum absolute atomic E-state index is 0. The van der Waals surface area contributed by atoms with Crippen LogP contribution in [0.1, 0.15) is 12.0 Å². The van der Waals surface area contributed by atoms with Crippen molar-refractivity contribution in [1.29, 1.82) is 0 Å². The van der Waals surface area contributed by atoms with E-state index in [0.717, 1.165) is 22.7 Å². The second-order valence-corrected chi connectivity index (χ2v) is 5.02. The predicted octanol–water partition coefficient (Wildman–Crippen LogP) is 3.03. The van der Waals surface area contributed by atoms with Gasteiger partial charge in [-0.15, -0.1) is 12.4 Å². The summed E-state index contributed by atoms with van der Waals surface area (Å²) in [5.41, 5.74) is 7.15. The number of carbonyl (C=O) groups excluding carboxylic acids is 1. The zero-order valence-electron chi connectivity index (χ0n) is 13.7. The molecule has 0 aliphatic carbocycles. The second-order valence-electron chi connectivity index (χ2n) is 5.02. The Labute approximate surface area is 148 Å². The molecule has 3 N–H and O–H groups in total. The SMILES string of the molecule is COc1ccccc1CCC(=O)Nc1ccc(OCCN)cc1.Cl. The summed E-state index contributed by atoms with van der Waals surface area (Å²) in [6.45, 7) is 0.950. The van der Waals surface area contributed by atoms with Gasteiger partial charge in [-0.2, -0.15) is 0 Å². The van der Waals surface area contributed by atoms with E-state index < -0.39 is 0 Å². The van der Waals surface area contributed by atoms with Crippen molar-refractivity contribution < 1.29 is 14.3 Å².